The van der Waals surface area contributed by atoms with E-state index in [9.17, 15) is 4.79 Å². The SMILES string of the molecule is C[C@@H]1CCc2c(sc3c2C(=O)N[C@@H](c2ccc4c(c2)OCO4)N3)C1. The van der Waals surface area contributed by atoms with Gasteiger partial charge < -0.3 is 20.1 Å². The van der Waals surface area contributed by atoms with Crippen LogP contribution in [0.4, 0.5) is 5.00 Å². The van der Waals surface area contributed by atoms with Crippen LogP contribution in [0.25, 0.3) is 0 Å². The highest BCUT2D eigenvalue weighted by atomic mass is 32.1. The van der Waals surface area contributed by atoms with E-state index >= 15 is 0 Å². The highest BCUT2D eigenvalue weighted by molar-refractivity contribution is 7.16. The first kappa shape index (κ1) is 14.2. The van der Waals surface area contributed by atoms with Crippen LogP contribution in [0.1, 0.15) is 45.9 Å². The van der Waals surface area contributed by atoms with Gasteiger partial charge in [0.2, 0.25) is 6.79 Å². The van der Waals surface area contributed by atoms with Gasteiger partial charge >= 0.3 is 0 Å². The number of nitrogens with one attached hydrogen (secondary N) is 2. The Bertz CT molecular complexity index is 845. The van der Waals surface area contributed by atoms with E-state index in [0.717, 1.165) is 46.9 Å². The Morgan fingerprint density at radius 2 is 2.08 bits per heavy atom. The van der Waals surface area contributed by atoms with Gasteiger partial charge in [0.1, 0.15) is 11.2 Å². The van der Waals surface area contributed by atoms with Crippen molar-refractivity contribution in [3.8, 4) is 11.5 Å². The Labute approximate surface area is 144 Å². The van der Waals surface area contributed by atoms with Crippen molar-refractivity contribution >= 4 is 22.2 Å². The van der Waals surface area contributed by atoms with Crippen LogP contribution in [-0.4, -0.2) is 12.7 Å². The topological polar surface area (TPSA) is 59.6 Å². The molecule has 2 aliphatic heterocycles. The van der Waals surface area contributed by atoms with Gasteiger partial charge in [-0.05, 0) is 48.4 Å². The molecule has 1 aliphatic carbocycles. The minimum absolute atomic E-state index is 0.0264. The lowest BCUT2D eigenvalue weighted by molar-refractivity contribution is 0.0935. The van der Waals surface area contributed by atoms with Gasteiger partial charge in [-0.25, -0.2) is 0 Å². The molecule has 24 heavy (non-hydrogen) atoms. The molecule has 5 nitrogen and oxygen atoms in total. The van der Waals surface area contributed by atoms with Crippen molar-refractivity contribution in [2.75, 3.05) is 12.1 Å². The number of ether oxygens (including phenoxy) is 2. The second-order valence-electron chi connectivity index (χ2n) is 6.72. The molecule has 124 valence electrons. The zero-order chi connectivity index (χ0) is 16.3. The van der Waals surface area contributed by atoms with Crippen molar-refractivity contribution in [1.82, 2.24) is 5.32 Å². The van der Waals surface area contributed by atoms with E-state index in [-0.39, 0.29) is 18.9 Å². The third kappa shape index (κ3) is 2.09. The van der Waals surface area contributed by atoms with Crippen molar-refractivity contribution in [1.29, 1.82) is 0 Å². The monoisotopic (exact) mass is 342 g/mol. The maximum atomic E-state index is 12.7. The van der Waals surface area contributed by atoms with E-state index < -0.39 is 0 Å². The standard InChI is InChI=1S/C18H18N2O3S/c1-9-2-4-11-14(6-9)24-18-15(11)17(21)19-16(20-18)10-3-5-12-13(7-10)23-8-22-12/h3,5,7,9,16,20H,2,4,6,8H2,1H3,(H,19,21)/t9-,16-/m1/s1. The summed E-state index contributed by atoms with van der Waals surface area (Å²) >= 11 is 1.74. The summed E-state index contributed by atoms with van der Waals surface area (Å²) in [4.78, 5) is 14.1. The van der Waals surface area contributed by atoms with Crippen molar-refractivity contribution in [3.05, 3.63) is 39.8 Å². The van der Waals surface area contributed by atoms with Crippen LogP contribution in [0, 0.1) is 5.92 Å². The molecule has 2 aromatic rings. The summed E-state index contributed by atoms with van der Waals surface area (Å²) in [6.07, 6.45) is 3.01. The van der Waals surface area contributed by atoms with Gasteiger partial charge in [0, 0.05) is 4.88 Å². The van der Waals surface area contributed by atoms with Gasteiger partial charge in [-0.15, -0.1) is 11.3 Å². The van der Waals surface area contributed by atoms with Crippen LogP contribution in [0.5, 0.6) is 11.5 Å². The first-order valence-electron chi connectivity index (χ1n) is 8.30. The first-order valence-corrected chi connectivity index (χ1v) is 9.12. The summed E-state index contributed by atoms with van der Waals surface area (Å²) in [7, 11) is 0. The molecular weight excluding hydrogens is 324 g/mol. The molecule has 2 atom stereocenters. The number of benzene rings is 1. The molecule has 1 aromatic heterocycles. The van der Waals surface area contributed by atoms with E-state index in [2.05, 4.69) is 17.6 Å². The Kier molecular flexibility index (Phi) is 3.03. The summed E-state index contributed by atoms with van der Waals surface area (Å²) in [5.74, 6) is 2.21. The molecule has 3 heterocycles. The Morgan fingerprint density at radius 1 is 1.21 bits per heavy atom. The lowest BCUT2D eigenvalue weighted by Gasteiger charge is -2.27. The summed E-state index contributed by atoms with van der Waals surface area (Å²) < 4.78 is 10.8. The zero-order valence-electron chi connectivity index (χ0n) is 13.3. The van der Waals surface area contributed by atoms with Crippen molar-refractivity contribution < 1.29 is 14.3 Å². The van der Waals surface area contributed by atoms with E-state index in [4.69, 9.17) is 9.47 Å². The van der Waals surface area contributed by atoms with Crippen LogP contribution < -0.4 is 20.1 Å². The predicted molar refractivity (Wildman–Crippen MR) is 91.9 cm³/mol. The fraction of sp³-hybridized carbons (Fsp3) is 0.389. The third-order valence-electron chi connectivity index (χ3n) is 5.02. The fourth-order valence-corrected chi connectivity index (χ4v) is 5.16. The number of rotatable bonds is 1. The van der Waals surface area contributed by atoms with Crippen LogP contribution in [0.3, 0.4) is 0 Å². The van der Waals surface area contributed by atoms with Gasteiger partial charge in [0.15, 0.2) is 11.5 Å². The smallest absolute Gasteiger partial charge is 0.256 e. The number of fused-ring (bicyclic) bond motifs is 4. The van der Waals surface area contributed by atoms with E-state index in [1.807, 2.05) is 18.2 Å². The van der Waals surface area contributed by atoms with Crippen LogP contribution in [0.15, 0.2) is 18.2 Å². The van der Waals surface area contributed by atoms with Crippen LogP contribution in [-0.2, 0) is 12.8 Å². The maximum Gasteiger partial charge on any atom is 0.256 e. The highest BCUT2D eigenvalue weighted by Gasteiger charge is 2.33. The molecule has 3 aliphatic rings. The molecule has 5 rings (SSSR count). The normalized spacial score (nSPS) is 24.0. The molecule has 0 bridgehead atoms. The summed E-state index contributed by atoms with van der Waals surface area (Å²) in [5, 5.41) is 7.59. The van der Waals surface area contributed by atoms with Crippen LogP contribution >= 0.6 is 11.3 Å². The van der Waals surface area contributed by atoms with Gasteiger partial charge in [-0.3, -0.25) is 4.79 Å². The maximum absolute atomic E-state index is 12.7. The second kappa shape index (κ2) is 5.14. The number of anilines is 1. The molecule has 0 spiro atoms. The van der Waals surface area contributed by atoms with Gasteiger partial charge in [-0.1, -0.05) is 13.0 Å². The number of amides is 1. The summed E-state index contributed by atoms with van der Waals surface area (Å²) in [6, 6.07) is 5.79. The Hall–Kier alpha value is -2.21. The van der Waals surface area contributed by atoms with Gasteiger partial charge in [-0.2, -0.15) is 0 Å². The van der Waals surface area contributed by atoms with E-state index in [1.165, 1.54) is 10.4 Å². The van der Waals surface area contributed by atoms with E-state index in [0.29, 0.717) is 5.92 Å². The minimum atomic E-state index is -0.239. The van der Waals surface area contributed by atoms with Crippen LogP contribution in [0.2, 0.25) is 0 Å². The fourth-order valence-electron chi connectivity index (χ4n) is 3.72. The number of carbonyl (C=O) groups excluding carboxylic acids is 1. The molecule has 0 saturated carbocycles. The molecule has 0 unspecified atom stereocenters. The number of hydrogen-bond donors (Lipinski definition) is 2. The summed E-state index contributed by atoms with van der Waals surface area (Å²) in [5.41, 5.74) is 3.08. The predicted octanol–water partition coefficient (Wildman–Crippen LogP) is 3.46. The van der Waals surface area contributed by atoms with Gasteiger partial charge in [0.25, 0.3) is 5.91 Å². The average molecular weight is 342 g/mol. The third-order valence-corrected chi connectivity index (χ3v) is 6.21. The molecule has 0 fully saturated rings. The largest absolute Gasteiger partial charge is 0.454 e. The lowest BCUT2D eigenvalue weighted by atomic mass is 9.88. The molecule has 0 radical (unpaired) electrons. The van der Waals surface area contributed by atoms with Gasteiger partial charge in [0.05, 0.1) is 5.56 Å². The molecule has 2 N–H and O–H groups in total. The molecule has 1 aromatic carbocycles. The van der Waals surface area contributed by atoms with E-state index in [1.54, 1.807) is 11.3 Å². The molecule has 6 heteroatoms. The highest BCUT2D eigenvalue weighted by Crippen LogP contribution is 2.43. The van der Waals surface area contributed by atoms with Crippen molar-refractivity contribution in [2.45, 2.75) is 32.4 Å². The Balaban J connectivity index is 1.50. The summed E-state index contributed by atoms with van der Waals surface area (Å²) in [6.45, 7) is 2.54. The van der Waals surface area contributed by atoms with Crippen molar-refractivity contribution in [3.63, 3.8) is 0 Å². The average Bonchev–Trinajstić information content (AvgIpc) is 3.17. The minimum Gasteiger partial charge on any atom is -0.454 e. The van der Waals surface area contributed by atoms with Crippen molar-refractivity contribution in [2.24, 2.45) is 5.92 Å². The molecule has 1 amide bonds. The zero-order valence-corrected chi connectivity index (χ0v) is 14.2. The Morgan fingerprint density at radius 3 is 3.00 bits per heavy atom. The molecule has 0 saturated heterocycles. The quantitative estimate of drug-likeness (QED) is 0.833. The lowest BCUT2D eigenvalue weighted by Crippen LogP contribution is -2.38. The number of hydrogen-bond acceptors (Lipinski definition) is 5. The molecular formula is C18H18N2O3S. The second-order valence-corrected chi connectivity index (χ2v) is 7.82. The number of thiophene rings is 1. The first-order chi connectivity index (χ1) is 11.7. The number of carbonyl (C=O) groups is 1.